The largest absolute Gasteiger partial charge is 0.389 e. The minimum absolute atomic E-state index is 0.00694. The lowest BCUT2D eigenvalue weighted by Crippen LogP contribution is -2.58. The van der Waals surface area contributed by atoms with Crippen LogP contribution in [0.25, 0.3) is 0 Å². The topological polar surface area (TPSA) is 40.5 Å². The highest BCUT2D eigenvalue weighted by atomic mass is 16.3. The van der Waals surface area contributed by atoms with E-state index in [1.54, 1.807) is 0 Å². The van der Waals surface area contributed by atoms with Gasteiger partial charge in [0.05, 0.1) is 11.7 Å². The molecule has 2 fully saturated rings. The normalized spacial score (nSPS) is 47.1. The second kappa shape index (κ2) is 4.40. The Labute approximate surface area is 105 Å². The van der Waals surface area contributed by atoms with Gasteiger partial charge in [-0.3, -0.25) is 0 Å². The first-order chi connectivity index (χ1) is 7.88. The summed E-state index contributed by atoms with van der Waals surface area (Å²) in [4.78, 5) is 0. The molecule has 0 radical (unpaired) electrons. The van der Waals surface area contributed by atoms with Crippen molar-refractivity contribution >= 4 is 0 Å². The minimum atomic E-state index is -0.673. The maximum atomic E-state index is 11.0. The van der Waals surface area contributed by atoms with E-state index in [1.807, 2.05) is 0 Å². The van der Waals surface area contributed by atoms with Crippen LogP contribution in [0.3, 0.4) is 0 Å². The highest BCUT2D eigenvalue weighted by Crippen LogP contribution is 2.52. The number of fused-ring (bicyclic) bond motifs is 1. The van der Waals surface area contributed by atoms with Gasteiger partial charge >= 0.3 is 0 Å². The average Bonchev–Trinajstić information content (AvgIpc) is 2.26. The van der Waals surface area contributed by atoms with Crippen molar-refractivity contribution in [2.75, 3.05) is 0 Å². The fraction of sp³-hybridized carbons (Fsp3) is 0.867. The van der Waals surface area contributed by atoms with Gasteiger partial charge in [-0.15, -0.1) is 0 Å². The van der Waals surface area contributed by atoms with Crippen molar-refractivity contribution in [3.63, 3.8) is 0 Å². The SMILES string of the molecule is C=C1CC[C@]2(O)[C@@H]([C@@H]1O)[C@H](C(C)C)CC[C@H]2C. The van der Waals surface area contributed by atoms with Crippen LogP contribution in [0.1, 0.15) is 46.5 Å². The van der Waals surface area contributed by atoms with E-state index < -0.39 is 11.7 Å². The van der Waals surface area contributed by atoms with Crippen molar-refractivity contribution in [1.82, 2.24) is 0 Å². The van der Waals surface area contributed by atoms with Gasteiger partial charge in [-0.25, -0.2) is 0 Å². The lowest BCUT2D eigenvalue weighted by Gasteiger charge is -2.55. The number of rotatable bonds is 1. The summed E-state index contributed by atoms with van der Waals surface area (Å²) in [5.41, 5.74) is 0.243. The van der Waals surface area contributed by atoms with Crippen LogP contribution in [0, 0.1) is 23.7 Å². The molecule has 5 atom stereocenters. The van der Waals surface area contributed by atoms with Gasteiger partial charge in [0.1, 0.15) is 0 Å². The molecule has 98 valence electrons. The maximum absolute atomic E-state index is 11.0. The Morgan fingerprint density at radius 3 is 2.59 bits per heavy atom. The highest BCUT2D eigenvalue weighted by molar-refractivity contribution is 5.17. The zero-order valence-electron chi connectivity index (χ0n) is 11.3. The van der Waals surface area contributed by atoms with Crippen molar-refractivity contribution in [3.05, 3.63) is 12.2 Å². The summed E-state index contributed by atoms with van der Waals surface area (Å²) in [6.45, 7) is 10.5. The van der Waals surface area contributed by atoms with E-state index in [9.17, 15) is 10.2 Å². The second-order valence-electron chi connectivity index (χ2n) is 6.51. The summed E-state index contributed by atoms with van der Waals surface area (Å²) in [6.07, 6.45) is 3.23. The Hall–Kier alpha value is -0.340. The second-order valence-corrected chi connectivity index (χ2v) is 6.51. The lowest BCUT2D eigenvalue weighted by atomic mass is 9.55. The molecule has 2 aliphatic carbocycles. The molecule has 2 N–H and O–H groups in total. The summed E-state index contributed by atoms with van der Waals surface area (Å²) < 4.78 is 0. The van der Waals surface area contributed by atoms with Gasteiger partial charge in [0.15, 0.2) is 0 Å². The van der Waals surface area contributed by atoms with E-state index >= 15 is 0 Å². The van der Waals surface area contributed by atoms with Crippen LogP contribution in [-0.2, 0) is 0 Å². The lowest BCUT2D eigenvalue weighted by molar-refractivity contribution is -0.167. The summed E-state index contributed by atoms with van der Waals surface area (Å²) in [6, 6.07) is 0. The molecule has 0 unspecified atom stereocenters. The molecule has 0 aliphatic heterocycles. The Balaban J connectivity index is 2.35. The molecule has 2 aliphatic rings. The summed E-state index contributed by atoms with van der Waals surface area (Å²) >= 11 is 0. The average molecular weight is 238 g/mol. The van der Waals surface area contributed by atoms with Crippen LogP contribution >= 0.6 is 0 Å². The molecule has 17 heavy (non-hydrogen) atoms. The van der Waals surface area contributed by atoms with Crippen molar-refractivity contribution in [2.24, 2.45) is 23.7 Å². The van der Waals surface area contributed by atoms with Crippen LogP contribution < -0.4 is 0 Å². The van der Waals surface area contributed by atoms with Crippen molar-refractivity contribution in [1.29, 1.82) is 0 Å². The first-order valence-electron chi connectivity index (χ1n) is 6.96. The molecule has 0 aromatic carbocycles. The first kappa shape index (κ1) is 13.1. The van der Waals surface area contributed by atoms with Gasteiger partial charge in [-0.2, -0.15) is 0 Å². The Morgan fingerprint density at radius 1 is 1.35 bits per heavy atom. The van der Waals surface area contributed by atoms with Crippen molar-refractivity contribution < 1.29 is 10.2 Å². The maximum Gasteiger partial charge on any atom is 0.0806 e. The Morgan fingerprint density at radius 2 is 2.00 bits per heavy atom. The molecule has 2 saturated carbocycles. The van der Waals surface area contributed by atoms with E-state index in [2.05, 4.69) is 27.4 Å². The number of hydrogen-bond donors (Lipinski definition) is 2. The van der Waals surface area contributed by atoms with Crippen LogP contribution in [0.5, 0.6) is 0 Å². The molecule has 0 heterocycles. The van der Waals surface area contributed by atoms with E-state index in [4.69, 9.17) is 0 Å². The first-order valence-corrected chi connectivity index (χ1v) is 6.96. The molecule has 2 rings (SSSR count). The van der Waals surface area contributed by atoms with Crippen molar-refractivity contribution in [3.8, 4) is 0 Å². The molecule has 0 saturated heterocycles. The zero-order valence-corrected chi connectivity index (χ0v) is 11.3. The van der Waals surface area contributed by atoms with Crippen LogP contribution in [0.2, 0.25) is 0 Å². The van der Waals surface area contributed by atoms with Gasteiger partial charge in [0.25, 0.3) is 0 Å². The van der Waals surface area contributed by atoms with E-state index in [-0.39, 0.29) is 5.92 Å². The fourth-order valence-electron chi connectivity index (χ4n) is 4.00. The molecule has 0 aromatic rings. The molecule has 0 amide bonds. The predicted octanol–water partition coefficient (Wildman–Crippen LogP) is 2.75. The summed E-state index contributed by atoms with van der Waals surface area (Å²) in [5, 5.41) is 21.4. The summed E-state index contributed by atoms with van der Waals surface area (Å²) in [5.74, 6) is 1.22. The smallest absolute Gasteiger partial charge is 0.0806 e. The Kier molecular flexibility index (Phi) is 3.39. The molecular formula is C15H26O2. The van der Waals surface area contributed by atoms with Gasteiger partial charge in [-0.05, 0) is 49.0 Å². The van der Waals surface area contributed by atoms with Gasteiger partial charge < -0.3 is 10.2 Å². The van der Waals surface area contributed by atoms with E-state index in [0.29, 0.717) is 17.8 Å². The molecule has 0 bridgehead atoms. The number of aliphatic hydroxyl groups excluding tert-OH is 1. The third kappa shape index (κ3) is 1.96. The predicted molar refractivity (Wildman–Crippen MR) is 69.5 cm³/mol. The minimum Gasteiger partial charge on any atom is -0.389 e. The van der Waals surface area contributed by atoms with Gasteiger partial charge in [0, 0.05) is 5.92 Å². The third-order valence-electron chi connectivity index (χ3n) is 5.29. The Bertz CT molecular complexity index is 310. The molecule has 0 aromatic heterocycles. The van der Waals surface area contributed by atoms with Crippen LogP contribution in [-0.4, -0.2) is 21.9 Å². The van der Waals surface area contributed by atoms with E-state index in [1.165, 1.54) is 0 Å². The van der Waals surface area contributed by atoms with Gasteiger partial charge in [0.2, 0.25) is 0 Å². The van der Waals surface area contributed by atoms with Gasteiger partial charge in [-0.1, -0.05) is 27.4 Å². The number of hydrogen-bond acceptors (Lipinski definition) is 2. The molecule has 2 nitrogen and oxygen atoms in total. The zero-order chi connectivity index (χ0) is 12.8. The van der Waals surface area contributed by atoms with Crippen LogP contribution in [0.4, 0.5) is 0 Å². The molecule has 0 spiro atoms. The standard InChI is InChI=1S/C15H26O2/c1-9(2)12-6-5-11(4)15(17)8-7-10(3)14(16)13(12)15/h9,11-14,16-17H,3,5-8H2,1-2,4H3/t11-,12+,13-,14-,15-/m1/s1. The van der Waals surface area contributed by atoms with Crippen molar-refractivity contribution in [2.45, 2.75) is 58.2 Å². The highest BCUT2D eigenvalue weighted by Gasteiger charge is 2.54. The number of aliphatic hydroxyl groups is 2. The monoisotopic (exact) mass is 238 g/mol. The van der Waals surface area contributed by atoms with Crippen LogP contribution in [0.15, 0.2) is 12.2 Å². The molecular weight excluding hydrogens is 212 g/mol. The third-order valence-corrected chi connectivity index (χ3v) is 5.29. The quantitative estimate of drug-likeness (QED) is 0.690. The fourth-order valence-corrected chi connectivity index (χ4v) is 4.00. The molecule has 2 heteroatoms. The summed E-state index contributed by atoms with van der Waals surface area (Å²) in [7, 11) is 0. The van der Waals surface area contributed by atoms with E-state index in [0.717, 1.165) is 31.3 Å².